The molecule has 4 nitrogen and oxygen atoms in total. The maximum atomic E-state index is 8.69. The SMILES string of the molecule is [2H]c1c([2H])c([2H])c(-c2nc(-c3ccc(-c4cccc5sc6ccc7ccccc7c6c45)cc3)nc(-c3ccc4c(c3)oc3ccccc34)n2)c([2H])c1[2H]. The van der Waals surface area contributed by atoms with E-state index in [1.54, 1.807) is 11.3 Å². The first-order valence-corrected chi connectivity index (χ1v) is 16.3. The van der Waals surface area contributed by atoms with Crippen LogP contribution in [0.3, 0.4) is 0 Å². The Morgan fingerprint density at radius 1 is 0.479 bits per heavy atom. The lowest BCUT2D eigenvalue weighted by Gasteiger charge is -2.10. The van der Waals surface area contributed by atoms with Crippen molar-refractivity contribution in [2.45, 2.75) is 0 Å². The van der Waals surface area contributed by atoms with Gasteiger partial charge in [-0.2, -0.15) is 0 Å². The summed E-state index contributed by atoms with van der Waals surface area (Å²) in [5.74, 6) is 0.569. The zero-order valence-corrected chi connectivity index (χ0v) is 26.0. The van der Waals surface area contributed by atoms with Gasteiger partial charge in [0.15, 0.2) is 17.5 Å². The van der Waals surface area contributed by atoms with Gasteiger partial charge in [-0.15, -0.1) is 11.3 Å². The monoisotopic (exact) mass is 636 g/mol. The van der Waals surface area contributed by atoms with E-state index < -0.39 is 18.1 Å². The number of aromatic nitrogens is 3. The lowest BCUT2D eigenvalue weighted by molar-refractivity contribution is 0.669. The van der Waals surface area contributed by atoms with Gasteiger partial charge >= 0.3 is 0 Å². The smallest absolute Gasteiger partial charge is 0.164 e. The van der Waals surface area contributed by atoms with Crippen LogP contribution in [0.2, 0.25) is 0 Å². The highest BCUT2D eigenvalue weighted by Crippen LogP contribution is 2.43. The molecule has 0 fully saturated rings. The summed E-state index contributed by atoms with van der Waals surface area (Å²) in [6.45, 7) is 0. The Morgan fingerprint density at radius 2 is 1.15 bits per heavy atom. The Labute approximate surface area is 286 Å². The average Bonchev–Trinajstić information content (AvgIpc) is 3.78. The minimum Gasteiger partial charge on any atom is -0.456 e. The highest BCUT2D eigenvalue weighted by Gasteiger charge is 2.16. The summed E-state index contributed by atoms with van der Waals surface area (Å²) in [5, 5.41) is 6.81. The summed E-state index contributed by atoms with van der Waals surface area (Å²) in [6.07, 6.45) is 0. The van der Waals surface area contributed by atoms with Gasteiger partial charge in [-0.3, -0.25) is 0 Å². The number of thiophene rings is 1. The Hall–Kier alpha value is -6.17. The molecule has 3 heterocycles. The van der Waals surface area contributed by atoms with Crippen LogP contribution in [0.4, 0.5) is 0 Å². The third-order valence-corrected chi connectivity index (χ3v) is 9.96. The number of nitrogens with zero attached hydrogens (tertiary/aromatic N) is 3. The van der Waals surface area contributed by atoms with Crippen LogP contribution in [0.5, 0.6) is 0 Å². The van der Waals surface area contributed by atoms with E-state index in [1.807, 2.05) is 66.7 Å². The van der Waals surface area contributed by atoms with Gasteiger partial charge in [-0.1, -0.05) is 121 Å². The minimum atomic E-state index is -0.481. The van der Waals surface area contributed by atoms with Crippen LogP contribution in [0.25, 0.3) is 98.2 Å². The molecule has 0 aliphatic heterocycles. The second kappa shape index (κ2) is 10.7. The highest BCUT2D eigenvalue weighted by atomic mass is 32.1. The van der Waals surface area contributed by atoms with Crippen molar-refractivity contribution in [1.82, 2.24) is 15.0 Å². The van der Waals surface area contributed by atoms with E-state index in [-0.39, 0.29) is 29.3 Å². The Balaban J connectivity index is 1.15. The molecule has 0 aliphatic carbocycles. The van der Waals surface area contributed by atoms with Gasteiger partial charge in [0.05, 0.1) is 6.85 Å². The van der Waals surface area contributed by atoms with Crippen molar-refractivity contribution in [3.05, 3.63) is 152 Å². The van der Waals surface area contributed by atoms with E-state index in [0.717, 1.165) is 27.5 Å². The van der Waals surface area contributed by atoms with Crippen LogP contribution in [0.1, 0.15) is 6.85 Å². The molecule has 0 unspecified atom stereocenters. The molecule has 0 N–H and O–H groups in total. The Bertz CT molecular complexity index is 3110. The first-order chi connectivity index (χ1) is 25.8. The first kappa shape index (κ1) is 22.4. The number of hydrogen-bond acceptors (Lipinski definition) is 5. The summed E-state index contributed by atoms with van der Waals surface area (Å²) < 4.78 is 50.8. The van der Waals surface area contributed by atoms with Crippen LogP contribution >= 0.6 is 11.3 Å². The number of furan rings is 1. The van der Waals surface area contributed by atoms with Gasteiger partial charge < -0.3 is 4.42 Å². The largest absolute Gasteiger partial charge is 0.456 e. The van der Waals surface area contributed by atoms with Crippen molar-refractivity contribution in [2.24, 2.45) is 0 Å². The molecule has 5 heteroatoms. The highest BCUT2D eigenvalue weighted by molar-refractivity contribution is 7.26. The standard InChI is InChI=1S/C43H25N3OS/c1-2-10-28(11-3-1)41-44-42(46-43(45-41)30-21-23-34-33-13-6-7-15-35(33)47-36(34)25-30)29-19-17-27(18-20-29)32-14-8-16-37-39(32)40-31-12-5-4-9-26(31)22-24-38(40)48-37/h1-25H/i1D,2D,3D,10D,11D. The third-order valence-electron chi connectivity index (χ3n) is 8.84. The van der Waals surface area contributed by atoms with Crippen molar-refractivity contribution >= 4 is 64.2 Å². The zero-order valence-electron chi connectivity index (χ0n) is 30.2. The van der Waals surface area contributed by atoms with Gasteiger partial charge in [-0.05, 0) is 52.2 Å². The van der Waals surface area contributed by atoms with E-state index in [4.69, 9.17) is 26.2 Å². The van der Waals surface area contributed by atoms with E-state index >= 15 is 0 Å². The molecule has 0 atom stereocenters. The van der Waals surface area contributed by atoms with Crippen LogP contribution in [0.15, 0.2) is 156 Å². The molecule has 0 aliphatic rings. The quantitative estimate of drug-likeness (QED) is 0.193. The second-order valence-electron chi connectivity index (χ2n) is 11.6. The van der Waals surface area contributed by atoms with Gasteiger partial charge in [0, 0.05) is 47.6 Å². The van der Waals surface area contributed by atoms with Gasteiger partial charge in [0.1, 0.15) is 11.2 Å². The molecule has 10 aromatic rings. The zero-order chi connectivity index (χ0) is 36.0. The molecule has 7 aromatic carbocycles. The van der Waals surface area contributed by atoms with Crippen molar-refractivity contribution in [3.63, 3.8) is 0 Å². The van der Waals surface area contributed by atoms with Crippen molar-refractivity contribution < 1.29 is 11.3 Å². The molecule has 0 saturated carbocycles. The fraction of sp³-hybridized carbons (Fsp3) is 0. The number of para-hydroxylation sites is 1. The van der Waals surface area contributed by atoms with Crippen LogP contribution in [-0.2, 0) is 0 Å². The summed E-state index contributed by atoms with van der Waals surface area (Å²) in [4.78, 5) is 14.3. The normalized spacial score (nSPS) is 13.2. The van der Waals surface area contributed by atoms with Crippen molar-refractivity contribution in [3.8, 4) is 45.3 Å². The van der Waals surface area contributed by atoms with Crippen LogP contribution in [0, 0.1) is 0 Å². The number of hydrogen-bond donors (Lipinski definition) is 0. The Morgan fingerprint density at radius 3 is 2.00 bits per heavy atom. The lowest BCUT2D eigenvalue weighted by atomic mass is 9.96. The number of rotatable bonds is 4. The van der Waals surface area contributed by atoms with Gasteiger partial charge in [0.2, 0.25) is 0 Å². The molecule has 3 aromatic heterocycles. The minimum absolute atomic E-state index is 0.0165. The predicted molar refractivity (Wildman–Crippen MR) is 199 cm³/mol. The van der Waals surface area contributed by atoms with Crippen molar-refractivity contribution in [2.75, 3.05) is 0 Å². The third kappa shape index (κ3) is 4.33. The summed E-state index contributed by atoms with van der Waals surface area (Å²) in [6, 6.07) is 38.6. The topological polar surface area (TPSA) is 51.8 Å². The van der Waals surface area contributed by atoms with Crippen molar-refractivity contribution in [1.29, 1.82) is 0 Å². The summed E-state index contributed by atoms with van der Waals surface area (Å²) in [7, 11) is 0. The molecule has 0 amide bonds. The van der Waals surface area contributed by atoms with Gasteiger partial charge in [0.25, 0.3) is 0 Å². The van der Waals surface area contributed by atoms with Gasteiger partial charge in [-0.25, -0.2) is 15.0 Å². The maximum Gasteiger partial charge on any atom is 0.164 e. The molecule has 0 radical (unpaired) electrons. The molecule has 0 bridgehead atoms. The van der Waals surface area contributed by atoms with E-state index in [2.05, 4.69) is 54.6 Å². The fourth-order valence-electron chi connectivity index (χ4n) is 6.60. The number of fused-ring (bicyclic) bond motifs is 8. The van der Waals surface area contributed by atoms with Crippen LogP contribution in [-0.4, -0.2) is 15.0 Å². The van der Waals surface area contributed by atoms with E-state index in [0.29, 0.717) is 22.5 Å². The Kier molecular flexibility index (Phi) is 4.98. The molecule has 10 rings (SSSR count). The fourth-order valence-corrected chi connectivity index (χ4v) is 7.75. The van der Waals surface area contributed by atoms with E-state index in [9.17, 15) is 0 Å². The molecule has 0 spiro atoms. The predicted octanol–water partition coefficient (Wildman–Crippen LogP) is 12.0. The lowest BCUT2D eigenvalue weighted by Crippen LogP contribution is -2.00. The molecule has 224 valence electrons. The van der Waals surface area contributed by atoms with E-state index in [1.165, 1.54) is 30.9 Å². The summed E-state index contributed by atoms with van der Waals surface area (Å²) >= 11 is 1.79. The molecule has 0 saturated heterocycles. The second-order valence-corrected chi connectivity index (χ2v) is 12.7. The maximum absolute atomic E-state index is 8.69. The molecular formula is C43H25N3OS. The number of benzene rings is 7. The summed E-state index contributed by atoms with van der Waals surface area (Å²) in [5.41, 5.74) is 4.79. The molecule has 48 heavy (non-hydrogen) atoms. The first-order valence-electron chi connectivity index (χ1n) is 18.0. The average molecular weight is 637 g/mol. The molecular weight excluding hydrogens is 607 g/mol. The van der Waals surface area contributed by atoms with Crippen LogP contribution < -0.4 is 0 Å².